The minimum atomic E-state index is 0.155. The molecule has 0 amide bonds. The second kappa shape index (κ2) is 5.26. The van der Waals surface area contributed by atoms with Crippen LogP contribution < -0.4 is 0 Å². The first-order valence-electron chi connectivity index (χ1n) is 8.88. The smallest absolute Gasteiger partial charge is 0.0487 e. The molecule has 0 aromatic rings. The molecule has 0 heterocycles. The van der Waals surface area contributed by atoms with Gasteiger partial charge >= 0.3 is 0 Å². The average Bonchev–Trinajstić information content (AvgIpc) is 2.46. The number of fused-ring (bicyclic) bond motifs is 2. The van der Waals surface area contributed by atoms with E-state index in [1.165, 1.54) is 56.9 Å². The van der Waals surface area contributed by atoms with Gasteiger partial charge in [0.05, 0.1) is 0 Å². The first-order chi connectivity index (χ1) is 9.90. The maximum atomic E-state index is 9.99. The van der Waals surface area contributed by atoms with E-state index in [-0.39, 0.29) is 5.41 Å². The molecular weight excluding hydrogens is 256 g/mol. The van der Waals surface area contributed by atoms with Crippen molar-refractivity contribution in [1.82, 2.24) is 0 Å². The molecule has 3 aliphatic carbocycles. The van der Waals surface area contributed by atoms with Crippen LogP contribution in [0.4, 0.5) is 0 Å². The number of hydrogen-bond donors (Lipinski definition) is 1. The minimum absolute atomic E-state index is 0.155. The second-order valence-electron chi connectivity index (χ2n) is 8.54. The summed E-state index contributed by atoms with van der Waals surface area (Å²) >= 11 is 0. The van der Waals surface area contributed by atoms with Gasteiger partial charge in [0.25, 0.3) is 0 Å². The van der Waals surface area contributed by atoms with Gasteiger partial charge in [0.15, 0.2) is 0 Å². The molecule has 21 heavy (non-hydrogen) atoms. The Morgan fingerprint density at radius 2 is 1.90 bits per heavy atom. The molecule has 0 aliphatic heterocycles. The van der Waals surface area contributed by atoms with E-state index in [9.17, 15) is 5.11 Å². The third-order valence-corrected chi connectivity index (χ3v) is 7.08. The van der Waals surface area contributed by atoms with Crippen molar-refractivity contribution < 1.29 is 5.11 Å². The third kappa shape index (κ3) is 2.32. The predicted octanol–water partition coefficient (Wildman–Crippen LogP) is 5.40. The van der Waals surface area contributed by atoms with Crippen LogP contribution in [0.15, 0.2) is 22.3 Å². The molecule has 3 rings (SSSR count). The first-order valence-corrected chi connectivity index (χ1v) is 8.88. The topological polar surface area (TPSA) is 20.2 Å². The van der Waals surface area contributed by atoms with Crippen molar-refractivity contribution in [3.63, 3.8) is 0 Å². The molecule has 1 N–H and O–H groups in total. The summed E-state index contributed by atoms with van der Waals surface area (Å²) in [6.07, 6.45) is 10.2. The summed E-state index contributed by atoms with van der Waals surface area (Å²) in [4.78, 5) is 0. The maximum absolute atomic E-state index is 9.99. The van der Waals surface area contributed by atoms with Crippen LogP contribution in [0.25, 0.3) is 0 Å². The fraction of sp³-hybridized carbons (Fsp3) is 0.800. The molecule has 1 saturated carbocycles. The Kier molecular flexibility index (Phi) is 3.84. The van der Waals surface area contributed by atoms with Crippen molar-refractivity contribution in [2.75, 3.05) is 6.61 Å². The lowest BCUT2D eigenvalue weighted by molar-refractivity contribution is -0.0396. The number of allylic oxidation sites excluding steroid dienone is 4. The number of hydrogen-bond acceptors (Lipinski definition) is 1. The highest BCUT2D eigenvalue weighted by Crippen LogP contribution is 2.61. The molecule has 0 spiro atoms. The van der Waals surface area contributed by atoms with E-state index in [2.05, 4.69) is 27.7 Å². The van der Waals surface area contributed by atoms with E-state index in [1.807, 2.05) is 0 Å². The molecule has 3 atom stereocenters. The number of rotatable bonds is 1. The van der Waals surface area contributed by atoms with Crippen molar-refractivity contribution in [2.45, 2.75) is 79.1 Å². The van der Waals surface area contributed by atoms with Gasteiger partial charge in [-0.05, 0) is 75.5 Å². The molecule has 1 nitrogen and oxygen atoms in total. The van der Waals surface area contributed by atoms with Crippen LogP contribution in [0.2, 0.25) is 0 Å². The van der Waals surface area contributed by atoms with Gasteiger partial charge in [-0.3, -0.25) is 0 Å². The van der Waals surface area contributed by atoms with Crippen molar-refractivity contribution in [1.29, 1.82) is 0 Å². The molecule has 1 fully saturated rings. The largest absolute Gasteiger partial charge is 0.396 e. The molecule has 0 radical (unpaired) electrons. The molecule has 0 saturated heterocycles. The molecular formula is C20H32O. The van der Waals surface area contributed by atoms with Gasteiger partial charge in [-0.15, -0.1) is 0 Å². The van der Waals surface area contributed by atoms with Crippen molar-refractivity contribution in [3.8, 4) is 0 Å². The lowest BCUT2D eigenvalue weighted by Gasteiger charge is -2.56. The molecule has 118 valence electrons. The van der Waals surface area contributed by atoms with Gasteiger partial charge in [0.1, 0.15) is 0 Å². The van der Waals surface area contributed by atoms with Gasteiger partial charge in [-0.1, -0.05) is 42.6 Å². The van der Waals surface area contributed by atoms with Crippen molar-refractivity contribution in [3.05, 3.63) is 22.3 Å². The first kappa shape index (κ1) is 15.3. The van der Waals surface area contributed by atoms with Gasteiger partial charge in [0, 0.05) is 6.61 Å². The summed E-state index contributed by atoms with van der Waals surface area (Å²) in [6, 6.07) is 0. The Hall–Kier alpha value is -0.560. The van der Waals surface area contributed by atoms with Crippen molar-refractivity contribution >= 4 is 0 Å². The van der Waals surface area contributed by atoms with Crippen LogP contribution >= 0.6 is 0 Å². The van der Waals surface area contributed by atoms with Crippen molar-refractivity contribution in [2.24, 2.45) is 16.7 Å². The highest BCUT2D eigenvalue weighted by Gasteiger charge is 2.52. The molecule has 0 aromatic heterocycles. The van der Waals surface area contributed by atoms with E-state index in [0.29, 0.717) is 17.9 Å². The molecule has 0 aromatic carbocycles. The fourth-order valence-corrected chi connectivity index (χ4v) is 5.77. The van der Waals surface area contributed by atoms with E-state index < -0.39 is 0 Å². The lowest BCUT2D eigenvalue weighted by atomic mass is 9.48. The highest BCUT2D eigenvalue weighted by molar-refractivity contribution is 5.36. The number of aliphatic hydroxyl groups is 1. The predicted molar refractivity (Wildman–Crippen MR) is 89.1 cm³/mol. The van der Waals surface area contributed by atoms with E-state index in [4.69, 9.17) is 0 Å². The summed E-state index contributed by atoms with van der Waals surface area (Å²) in [5.74, 6) is 0.691. The van der Waals surface area contributed by atoms with E-state index >= 15 is 0 Å². The van der Waals surface area contributed by atoms with Crippen LogP contribution in [0, 0.1) is 16.7 Å². The Bertz CT molecular complexity index is 494. The van der Waals surface area contributed by atoms with Crippen LogP contribution in [-0.4, -0.2) is 11.7 Å². The Morgan fingerprint density at radius 1 is 1.14 bits per heavy atom. The molecule has 1 heteroatoms. The number of aliphatic hydroxyl groups excluding tert-OH is 1. The molecule has 0 bridgehead atoms. The summed E-state index contributed by atoms with van der Waals surface area (Å²) < 4.78 is 0. The zero-order valence-corrected chi connectivity index (χ0v) is 14.4. The van der Waals surface area contributed by atoms with Gasteiger partial charge in [0.2, 0.25) is 0 Å². The quantitative estimate of drug-likeness (QED) is 0.640. The van der Waals surface area contributed by atoms with Crippen LogP contribution in [0.3, 0.4) is 0 Å². The summed E-state index contributed by atoms with van der Waals surface area (Å²) in [7, 11) is 0. The van der Waals surface area contributed by atoms with Gasteiger partial charge in [-0.25, -0.2) is 0 Å². The normalized spacial score (nSPS) is 39.9. The van der Waals surface area contributed by atoms with Gasteiger partial charge in [-0.2, -0.15) is 0 Å². The highest BCUT2D eigenvalue weighted by atomic mass is 16.3. The van der Waals surface area contributed by atoms with Crippen LogP contribution in [-0.2, 0) is 0 Å². The SMILES string of the molecule is CC(C)=C1CCC2=C(CC[C@H]3[C@](C)(CO)CCC[C@]23C)C1. The lowest BCUT2D eigenvalue weighted by Crippen LogP contribution is -2.48. The van der Waals surface area contributed by atoms with Crippen LogP contribution in [0.1, 0.15) is 79.1 Å². The Morgan fingerprint density at radius 3 is 2.57 bits per heavy atom. The van der Waals surface area contributed by atoms with Gasteiger partial charge < -0.3 is 5.11 Å². The monoisotopic (exact) mass is 288 g/mol. The fourth-order valence-electron chi connectivity index (χ4n) is 5.77. The second-order valence-corrected chi connectivity index (χ2v) is 8.54. The summed E-state index contributed by atoms with van der Waals surface area (Å²) in [6.45, 7) is 9.78. The maximum Gasteiger partial charge on any atom is 0.0487 e. The third-order valence-electron chi connectivity index (χ3n) is 7.08. The Labute approximate surface area is 130 Å². The molecule has 0 unspecified atom stereocenters. The Balaban J connectivity index is 1.98. The zero-order valence-electron chi connectivity index (χ0n) is 14.4. The molecule has 3 aliphatic rings. The summed E-state index contributed by atoms with van der Waals surface area (Å²) in [5, 5.41) is 9.99. The summed E-state index contributed by atoms with van der Waals surface area (Å²) in [5.41, 5.74) is 7.31. The standard InChI is InChI=1S/C20H32O/c1-14(2)15-6-8-17-16(12-15)7-9-18-19(3,13-21)10-5-11-20(17,18)4/h18,21H,5-13H2,1-4H3/t18-,19-,20+/m0/s1. The average molecular weight is 288 g/mol. The van der Waals surface area contributed by atoms with E-state index in [0.717, 1.165) is 0 Å². The van der Waals surface area contributed by atoms with E-state index in [1.54, 1.807) is 16.7 Å². The van der Waals surface area contributed by atoms with Crippen LogP contribution in [0.5, 0.6) is 0 Å². The zero-order chi connectivity index (χ0) is 15.3. The minimum Gasteiger partial charge on any atom is -0.396 e.